The largest absolute Gasteiger partial charge is 0.350 e. The normalized spacial score (nSPS) is 31.0. The molecule has 0 spiro atoms. The van der Waals surface area contributed by atoms with Crippen molar-refractivity contribution >= 4 is 5.91 Å². The number of carbonyl (C=O) groups excluding carboxylic acids is 1. The minimum absolute atomic E-state index is 0.0550. The first-order valence-electron chi connectivity index (χ1n) is 4.88. The lowest BCUT2D eigenvalue weighted by molar-refractivity contribution is -0.123. The highest BCUT2D eigenvalue weighted by Gasteiger charge is 2.23. The van der Waals surface area contributed by atoms with E-state index in [1.165, 1.54) is 0 Å². The Labute approximate surface area is 79.3 Å². The molecule has 4 nitrogen and oxygen atoms in total. The first-order chi connectivity index (χ1) is 6.11. The Balaban J connectivity index is 2.38. The lowest BCUT2D eigenvalue weighted by Crippen LogP contribution is -2.53. The minimum Gasteiger partial charge on any atom is -0.350 e. The van der Waals surface area contributed by atoms with Crippen LogP contribution in [-0.2, 0) is 4.79 Å². The summed E-state index contributed by atoms with van der Waals surface area (Å²) >= 11 is 0. The molecule has 13 heavy (non-hydrogen) atoms. The van der Waals surface area contributed by atoms with Crippen LogP contribution in [-0.4, -0.2) is 31.1 Å². The van der Waals surface area contributed by atoms with E-state index in [2.05, 4.69) is 17.6 Å². The molecule has 0 aromatic rings. The molecule has 1 rings (SSSR count). The molecular weight excluding hydrogens is 166 g/mol. The number of nitrogens with one attached hydrogen (secondary N) is 2. The Morgan fingerprint density at radius 1 is 1.69 bits per heavy atom. The van der Waals surface area contributed by atoms with Crippen LogP contribution in [0.25, 0.3) is 0 Å². The van der Waals surface area contributed by atoms with Crippen molar-refractivity contribution in [3.8, 4) is 0 Å². The van der Waals surface area contributed by atoms with Gasteiger partial charge >= 0.3 is 0 Å². The number of rotatable bonds is 2. The summed E-state index contributed by atoms with van der Waals surface area (Å²) in [6, 6.07) is -0.165. The van der Waals surface area contributed by atoms with E-state index in [-0.39, 0.29) is 11.9 Å². The van der Waals surface area contributed by atoms with Crippen molar-refractivity contribution in [2.75, 3.05) is 13.1 Å². The Morgan fingerprint density at radius 3 is 2.92 bits per heavy atom. The zero-order valence-electron chi connectivity index (χ0n) is 8.34. The maximum absolute atomic E-state index is 11.3. The topological polar surface area (TPSA) is 67.1 Å². The second kappa shape index (κ2) is 4.58. The lowest BCUT2D eigenvalue weighted by Gasteiger charge is -2.30. The molecule has 0 saturated carbocycles. The van der Waals surface area contributed by atoms with Gasteiger partial charge in [-0.2, -0.15) is 0 Å². The van der Waals surface area contributed by atoms with Crippen molar-refractivity contribution in [3.63, 3.8) is 0 Å². The van der Waals surface area contributed by atoms with Gasteiger partial charge in [0.15, 0.2) is 0 Å². The van der Waals surface area contributed by atoms with Crippen LogP contribution in [0.2, 0.25) is 0 Å². The van der Waals surface area contributed by atoms with E-state index in [4.69, 9.17) is 5.73 Å². The molecular formula is C9H19N3O. The molecule has 3 atom stereocenters. The first-order valence-corrected chi connectivity index (χ1v) is 4.88. The molecule has 0 aromatic heterocycles. The third-order valence-electron chi connectivity index (χ3n) is 2.57. The zero-order chi connectivity index (χ0) is 9.84. The predicted molar refractivity (Wildman–Crippen MR) is 52.2 cm³/mol. The summed E-state index contributed by atoms with van der Waals surface area (Å²) in [5, 5.41) is 6.20. The molecule has 0 aliphatic carbocycles. The molecule has 1 aliphatic heterocycles. The molecule has 0 bridgehead atoms. The Morgan fingerprint density at radius 2 is 2.38 bits per heavy atom. The molecule has 0 radical (unpaired) electrons. The van der Waals surface area contributed by atoms with E-state index in [1.807, 2.05) is 0 Å². The molecule has 0 aromatic carbocycles. The molecule has 2 unspecified atom stereocenters. The number of nitrogens with two attached hydrogens (primary N) is 1. The quantitative estimate of drug-likeness (QED) is 0.540. The number of hydrogen-bond donors (Lipinski definition) is 3. The molecule has 1 saturated heterocycles. The summed E-state index contributed by atoms with van der Waals surface area (Å²) in [6.07, 6.45) is 1.11. The monoisotopic (exact) mass is 185 g/mol. The Bertz CT molecular complexity index is 182. The van der Waals surface area contributed by atoms with E-state index in [0.717, 1.165) is 19.5 Å². The van der Waals surface area contributed by atoms with Crippen LogP contribution in [0.4, 0.5) is 0 Å². The molecule has 1 heterocycles. The first kappa shape index (κ1) is 10.5. The van der Waals surface area contributed by atoms with Gasteiger partial charge in [0, 0.05) is 12.6 Å². The van der Waals surface area contributed by atoms with Crippen molar-refractivity contribution in [2.24, 2.45) is 11.7 Å². The van der Waals surface area contributed by atoms with Crippen LogP contribution in [0.5, 0.6) is 0 Å². The molecule has 1 fully saturated rings. The highest BCUT2D eigenvalue weighted by atomic mass is 16.2. The third-order valence-corrected chi connectivity index (χ3v) is 2.57. The average molecular weight is 185 g/mol. The maximum Gasteiger partial charge on any atom is 0.236 e. The van der Waals surface area contributed by atoms with Crippen LogP contribution < -0.4 is 16.4 Å². The van der Waals surface area contributed by atoms with Gasteiger partial charge in [-0.1, -0.05) is 6.92 Å². The van der Waals surface area contributed by atoms with Gasteiger partial charge in [-0.25, -0.2) is 0 Å². The van der Waals surface area contributed by atoms with Gasteiger partial charge in [0.25, 0.3) is 0 Å². The van der Waals surface area contributed by atoms with Crippen LogP contribution in [0, 0.1) is 5.92 Å². The van der Waals surface area contributed by atoms with Gasteiger partial charge in [0.2, 0.25) is 5.91 Å². The van der Waals surface area contributed by atoms with Gasteiger partial charge in [-0.05, 0) is 25.8 Å². The zero-order valence-corrected chi connectivity index (χ0v) is 8.34. The van der Waals surface area contributed by atoms with Gasteiger partial charge in [0.1, 0.15) is 0 Å². The third kappa shape index (κ3) is 2.97. The molecule has 1 amide bonds. The summed E-state index contributed by atoms with van der Waals surface area (Å²) in [6.45, 7) is 5.77. The van der Waals surface area contributed by atoms with E-state index < -0.39 is 6.04 Å². The predicted octanol–water partition coefficient (Wildman–Crippen LogP) is -0.552. The highest BCUT2D eigenvalue weighted by Crippen LogP contribution is 2.10. The Hall–Kier alpha value is -0.610. The number of amides is 1. The van der Waals surface area contributed by atoms with Gasteiger partial charge in [-0.15, -0.1) is 0 Å². The van der Waals surface area contributed by atoms with Crippen LogP contribution in [0.15, 0.2) is 0 Å². The van der Waals surface area contributed by atoms with E-state index >= 15 is 0 Å². The fourth-order valence-electron chi connectivity index (χ4n) is 1.50. The number of carbonyl (C=O) groups is 1. The van der Waals surface area contributed by atoms with Crippen molar-refractivity contribution in [2.45, 2.75) is 32.4 Å². The van der Waals surface area contributed by atoms with Gasteiger partial charge in [-0.3, -0.25) is 4.79 Å². The number of piperidine rings is 1. The summed E-state index contributed by atoms with van der Waals surface area (Å²) in [7, 11) is 0. The SMILES string of the molecule is CC1CCNCC1NC(=O)[C@@H](C)N. The van der Waals surface area contributed by atoms with E-state index in [9.17, 15) is 4.79 Å². The van der Waals surface area contributed by atoms with Crippen LogP contribution in [0.1, 0.15) is 20.3 Å². The average Bonchev–Trinajstić information content (AvgIpc) is 2.08. The molecule has 1 aliphatic rings. The maximum atomic E-state index is 11.3. The summed E-state index contributed by atoms with van der Waals surface area (Å²) in [5.41, 5.74) is 5.47. The fraction of sp³-hybridized carbons (Fsp3) is 0.889. The van der Waals surface area contributed by atoms with Gasteiger partial charge in [0.05, 0.1) is 6.04 Å². The summed E-state index contributed by atoms with van der Waals surface area (Å²) in [4.78, 5) is 11.3. The summed E-state index contributed by atoms with van der Waals surface area (Å²) < 4.78 is 0. The van der Waals surface area contributed by atoms with Gasteiger partial charge < -0.3 is 16.4 Å². The smallest absolute Gasteiger partial charge is 0.236 e. The summed E-state index contributed by atoms with van der Waals surface area (Å²) in [5.74, 6) is 0.490. The molecule has 4 heteroatoms. The van der Waals surface area contributed by atoms with Crippen molar-refractivity contribution in [1.82, 2.24) is 10.6 Å². The minimum atomic E-state index is -0.408. The lowest BCUT2D eigenvalue weighted by atomic mass is 9.94. The van der Waals surface area contributed by atoms with Crippen molar-refractivity contribution < 1.29 is 4.79 Å². The highest BCUT2D eigenvalue weighted by molar-refractivity contribution is 5.81. The molecule has 76 valence electrons. The van der Waals surface area contributed by atoms with E-state index in [0.29, 0.717) is 5.92 Å². The number of hydrogen-bond acceptors (Lipinski definition) is 3. The van der Waals surface area contributed by atoms with Crippen LogP contribution in [0.3, 0.4) is 0 Å². The van der Waals surface area contributed by atoms with Crippen LogP contribution >= 0.6 is 0 Å². The molecule has 4 N–H and O–H groups in total. The van der Waals surface area contributed by atoms with Crippen molar-refractivity contribution in [3.05, 3.63) is 0 Å². The standard InChI is InChI=1S/C9H19N3O/c1-6-3-4-11-5-8(6)12-9(13)7(2)10/h6-8,11H,3-5,10H2,1-2H3,(H,12,13)/t6?,7-,8?/m1/s1. The fourth-order valence-corrected chi connectivity index (χ4v) is 1.50. The van der Waals surface area contributed by atoms with Crippen molar-refractivity contribution in [1.29, 1.82) is 0 Å². The Kier molecular flexibility index (Phi) is 3.69. The second-order valence-corrected chi connectivity index (χ2v) is 3.87. The second-order valence-electron chi connectivity index (χ2n) is 3.87. The van der Waals surface area contributed by atoms with E-state index in [1.54, 1.807) is 6.92 Å².